The lowest BCUT2D eigenvalue weighted by Gasteiger charge is -2.36. The van der Waals surface area contributed by atoms with E-state index in [0.29, 0.717) is 11.4 Å². The third kappa shape index (κ3) is 3.86. The molecule has 0 aromatic carbocycles. The summed E-state index contributed by atoms with van der Waals surface area (Å²) in [4.78, 5) is 18.1. The zero-order valence-corrected chi connectivity index (χ0v) is 16.7. The van der Waals surface area contributed by atoms with Crippen LogP contribution in [0.3, 0.4) is 0 Å². The molecular weight excluding hydrogens is 397 g/mol. The Hall–Kier alpha value is -3.04. The molecule has 0 atom stereocenters. The van der Waals surface area contributed by atoms with Gasteiger partial charge in [0.05, 0.1) is 11.8 Å². The number of hydrogen-bond donors (Lipinski definition) is 2. The van der Waals surface area contributed by atoms with Crippen LogP contribution in [0.25, 0.3) is 5.65 Å². The topological polar surface area (TPSA) is 78.3 Å². The summed E-state index contributed by atoms with van der Waals surface area (Å²) in [5, 5.41) is 9.69. The molecule has 0 spiro atoms. The van der Waals surface area contributed by atoms with Crippen LogP contribution in [-0.2, 0) is 6.18 Å². The number of carbonyl (C=O) groups is 1. The van der Waals surface area contributed by atoms with Crippen LogP contribution >= 0.6 is 0 Å². The van der Waals surface area contributed by atoms with E-state index in [-0.39, 0.29) is 23.6 Å². The Kier molecular flexibility index (Phi) is 5.17. The molecule has 30 heavy (non-hydrogen) atoms. The molecule has 3 heterocycles. The Balaban J connectivity index is 1.43. The molecule has 2 N–H and O–H groups in total. The van der Waals surface area contributed by atoms with Crippen LogP contribution < -0.4 is 10.2 Å². The zero-order chi connectivity index (χ0) is 21.5. The van der Waals surface area contributed by atoms with Crippen LogP contribution in [0.1, 0.15) is 47.4 Å². The number of rotatable bonds is 4. The summed E-state index contributed by atoms with van der Waals surface area (Å²) in [5.41, 5.74) is 0.640. The van der Waals surface area contributed by atoms with Crippen molar-refractivity contribution >= 4 is 17.4 Å². The fourth-order valence-corrected chi connectivity index (χ4v) is 4.06. The Morgan fingerprint density at radius 1 is 1.27 bits per heavy atom. The molecule has 7 nitrogen and oxygen atoms in total. The van der Waals surface area contributed by atoms with Gasteiger partial charge in [0.1, 0.15) is 11.5 Å². The molecule has 4 rings (SSSR count). The first kappa shape index (κ1) is 20.2. The van der Waals surface area contributed by atoms with Gasteiger partial charge in [-0.2, -0.15) is 18.3 Å². The summed E-state index contributed by atoms with van der Waals surface area (Å²) >= 11 is 0. The number of H-pyrrole nitrogens is 1. The Labute approximate surface area is 171 Å². The van der Waals surface area contributed by atoms with Crippen molar-refractivity contribution in [2.24, 2.45) is 0 Å². The minimum absolute atomic E-state index is 0.0670. The monoisotopic (exact) mass is 420 g/mol. The van der Waals surface area contributed by atoms with Crippen LogP contribution in [0.2, 0.25) is 0 Å². The first-order valence-corrected chi connectivity index (χ1v) is 9.83. The van der Waals surface area contributed by atoms with Gasteiger partial charge in [0.2, 0.25) is 0 Å². The quantitative estimate of drug-likeness (QED) is 0.677. The second-order valence-corrected chi connectivity index (χ2v) is 7.73. The smallest absolute Gasteiger partial charge is 0.358 e. The highest BCUT2D eigenvalue weighted by molar-refractivity contribution is 5.95. The molecule has 0 saturated heterocycles. The first-order valence-electron chi connectivity index (χ1n) is 9.83. The van der Waals surface area contributed by atoms with Crippen molar-refractivity contribution in [1.82, 2.24) is 24.9 Å². The number of nitrogens with zero attached hydrogens (tertiary/aromatic N) is 4. The normalized spacial score (nSPS) is 19.8. The number of nitrogens with one attached hydrogen (secondary N) is 2. The molecule has 0 aliphatic heterocycles. The number of alkyl halides is 3. The van der Waals surface area contributed by atoms with Gasteiger partial charge in [-0.15, -0.1) is 0 Å². The maximum absolute atomic E-state index is 13.1. The summed E-state index contributed by atoms with van der Waals surface area (Å²) in [7, 11) is 1.89. The molecule has 1 fully saturated rings. The fraction of sp³-hybridized carbons (Fsp3) is 0.450. The molecule has 3 aromatic heterocycles. The molecule has 1 saturated carbocycles. The van der Waals surface area contributed by atoms with Crippen LogP contribution in [-0.4, -0.2) is 44.6 Å². The Morgan fingerprint density at radius 3 is 2.63 bits per heavy atom. The maximum atomic E-state index is 13.1. The molecule has 0 radical (unpaired) electrons. The van der Waals surface area contributed by atoms with E-state index in [1.54, 1.807) is 25.1 Å². The highest BCUT2D eigenvalue weighted by Gasteiger charge is 2.34. The van der Waals surface area contributed by atoms with E-state index in [1.807, 2.05) is 11.9 Å². The summed E-state index contributed by atoms with van der Waals surface area (Å²) in [6, 6.07) is 5.31. The van der Waals surface area contributed by atoms with Gasteiger partial charge in [-0.25, -0.2) is 4.98 Å². The van der Waals surface area contributed by atoms with E-state index in [9.17, 15) is 18.0 Å². The van der Waals surface area contributed by atoms with Gasteiger partial charge in [0, 0.05) is 31.0 Å². The van der Waals surface area contributed by atoms with Crippen LogP contribution in [0.15, 0.2) is 30.6 Å². The van der Waals surface area contributed by atoms with Crippen molar-refractivity contribution in [1.29, 1.82) is 0 Å². The van der Waals surface area contributed by atoms with E-state index < -0.39 is 11.9 Å². The highest BCUT2D eigenvalue weighted by Crippen LogP contribution is 2.31. The predicted molar refractivity (Wildman–Crippen MR) is 105 cm³/mol. The lowest BCUT2D eigenvalue weighted by atomic mass is 9.90. The average Bonchev–Trinajstić information content (AvgIpc) is 3.33. The van der Waals surface area contributed by atoms with E-state index >= 15 is 0 Å². The second kappa shape index (κ2) is 7.66. The molecule has 160 valence electrons. The Bertz CT molecular complexity index is 1050. The van der Waals surface area contributed by atoms with Gasteiger partial charge < -0.3 is 10.2 Å². The zero-order valence-electron chi connectivity index (χ0n) is 16.7. The third-order valence-electron chi connectivity index (χ3n) is 5.78. The molecule has 1 aliphatic rings. The number of hydrogen-bond acceptors (Lipinski definition) is 4. The van der Waals surface area contributed by atoms with Crippen LogP contribution in [0, 0.1) is 6.92 Å². The number of imidazole rings is 1. The van der Waals surface area contributed by atoms with Crippen LogP contribution in [0.4, 0.5) is 19.0 Å². The van der Waals surface area contributed by atoms with Crippen molar-refractivity contribution in [3.8, 4) is 0 Å². The average molecular weight is 420 g/mol. The first-order chi connectivity index (χ1) is 14.2. The molecule has 1 aliphatic carbocycles. The van der Waals surface area contributed by atoms with E-state index in [0.717, 1.165) is 37.6 Å². The lowest BCUT2D eigenvalue weighted by Crippen LogP contribution is -2.43. The summed E-state index contributed by atoms with van der Waals surface area (Å²) in [6.07, 6.45) is 1.32. The van der Waals surface area contributed by atoms with Crippen molar-refractivity contribution in [3.05, 3.63) is 47.5 Å². The maximum Gasteiger partial charge on any atom is 0.434 e. The van der Waals surface area contributed by atoms with E-state index in [1.165, 1.54) is 10.6 Å². The standard InChI is InChI=1S/C20H23F3N6O/c1-12-15(10-24-27-12)19(30)25-13-6-8-14(9-7-13)28(2)18-5-3-4-17-26-16(11-29(17)18)20(21,22)23/h3-5,10-11,13-14H,6-9H2,1-2H3,(H,24,27)(H,25,30). The number of pyridine rings is 1. The van der Waals surface area contributed by atoms with E-state index in [2.05, 4.69) is 20.5 Å². The minimum atomic E-state index is -4.48. The third-order valence-corrected chi connectivity index (χ3v) is 5.78. The SMILES string of the molecule is Cc1[nH]ncc1C(=O)NC1CCC(N(C)c2cccc3nc(C(F)(F)F)cn23)CC1. The van der Waals surface area contributed by atoms with Gasteiger partial charge in [-0.05, 0) is 44.7 Å². The van der Waals surface area contributed by atoms with Crippen molar-refractivity contribution in [2.45, 2.75) is 50.9 Å². The molecule has 0 unspecified atom stereocenters. The molecule has 3 aromatic rings. The van der Waals surface area contributed by atoms with E-state index in [4.69, 9.17) is 0 Å². The van der Waals surface area contributed by atoms with Crippen molar-refractivity contribution in [3.63, 3.8) is 0 Å². The number of aromatic nitrogens is 4. The molecular formula is C20H23F3N6O. The fourth-order valence-electron chi connectivity index (χ4n) is 4.06. The number of aryl methyl sites for hydroxylation is 1. The lowest BCUT2D eigenvalue weighted by molar-refractivity contribution is -0.140. The molecule has 10 heteroatoms. The number of halogens is 3. The largest absolute Gasteiger partial charge is 0.434 e. The number of anilines is 1. The van der Waals surface area contributed by atoms with Crippen LogP contribution in [0.5, 0.6) is 0 Å². The second-order valence-electron chi connectivity index (χ2n) is 7.73. The minimum Gasteiger partial charge on any atom is -0.358 e. The molecule has 1 amide bonds. The highest BCUT2D eigenvalue weighted by atomic mass is 19.4. The number of carbonyl (C=O) groups excluding carboxylic acids is 1. The van der Waals surface area contributed by atoms with Gasteiger partial charge in [0.25, 0.3) is 5.91 Å². The van der Waals surface area contributed by atoms with Gasteiger partial charge in [-0.1, -0.05) is 6.07 Å². The number of amides is 1. The van der Waals surface area contributed by atoms with Crippen molar-refractivity contribution < 1.29 is 18.0 Å². The number of aromatic amines is 1. The summed E-state index contributed by atoms with van der Waals surface area (Å²) < 4.78 is 40.7. The Morgan fingerprint density at radius 2 is 2.00 bits per heavy atom. The molecule has 0 bridgehead atoms. The summed E-state index contributed by atoms with van der Waals surface area (Å²) in [6.45, 7) is 1.80. The van der Waals surface area contributed by atoms with Gasteiger partial charge in [0.15, 0.2) is 5.69 Å². The van der Waals surface area contributed by atoms with Gasteiger partial charge >= 0.3 is 6.18 Å². The predicted octanol–water partition coefficient (Wildman–Crippen LogP) is 3.56. The number of fused-ring (bicyclic) bond motifs is 1. The van der Waals surface area contributed by atoms with Gasteiger partial charge in [-0.3, -0.25) is 14.3 Å². The van der Waals surface area contributed by atoms with Crippen molar-refractivity contribution in [2.75, 3.05) is 11.9 Å². The summed E-state index contributed by atoms with van der Waals surface area (Å²) in [5.74, 6) is 0.526.